The van der Waals surface area contributed by atoms with E-state index in [0.29, 0.717) is 27.6 Å². The fraction of sp³-hybridized carbons (Fsp3) is 0.133. The molecule has 5 nitrogen and oxygen atoms in total. The molecular formula is C15H13ClN2O3S. The van der Waals surface area contributed by atoms with E-state index in [4.69, 9.17) is 16.1 Å². The molecule has 0 unspecified atom stereocenters. The number of hydrogen-bond donors (Lipinski definition) is 1. The summed E-state index contributed by atoms with van der Waals surface area (Å²) in [4.78, 5) is 0.155. The van der Waals surface area contributed by atoms with Crippen molar-refractivity contribution in [2.75, 3.05) is 4.72 Å². The number of hydrogen-bond acceptors (Lipinski definition) is 4. The fourth-order valence-corrected chi connectivity index (χ4v) is 3.76. The van der Waals surface area contributed by atoms with Gasteiger partial charge in [0.1, 0.15) is 0 Å². The van der Waals surface area contributed by atoms with E-state index in [-0.39, 0.29) is 4.90 Å². The number of nitrogens with zero attached hydrogens (tertiary/aromatic N) is 1. The van der Waals surface area contributed by atoms with Gasteiger partial charge in [0, 0.05) is 16.1 Å². The molecule has 0 saturated heterocycles. The molecule has 0 fully saturated rings. The number of anilines is 1. The number of fused-ring (bicyclic) bond motifs is 1. The summed E-state index contributed by atoms with van der Waals surface area (Å²) in [7, 11) is -3.72. The Kier molecular flexibility index (Phi) is 3.58. The molecule has 1 N–H and O–H groups in total. The lowest BCUT2D eigenvalue weighted by Crippen LogP contribution is -2.14. The first-order chi connectivity index (χ1) is 10.4. The van der Waals surface area contributed by atoms with Gasteiger partial charge in [-0.1, -0.05) is 22.8 Å². The summed E-state index contributed by atoms with van der Waals surface area (Å²) in [6, 6.07) is 9.79. The number of rotatable bonds is 3. The van der Waals surface area contributed by atoms with Crippen LogP contribution >= 0.6 is 11.6 Å². The van der Waals surface area contributed by atoms with Gasteiger partial charge in [-0.2, -0.15) is 0 Å². The van der Waals surface area contributed by atoms with Crippen LogP contribution in [0.3, 0.4) is 0 Å². The van der Waals surface area contributed by atoms with E-state index in [1.807, 2.05) is 0 Å². The largest absolute Gasteiger partial charge is 0.356 e. The molecule has 0 atom stereocenters. The smallest absolute Gasteiger partial charge is 0.262 e. The molecule has 0 aliphatic carbocycles. The second-order valence-electron chi connectivity index (χ2n) is 4.95. The molecule has 3 aromatic rings. The van der Waals surface area contributed by atoms with Crippen molar-refractivity contribution in [2.45, 2.75) is 18.7 Å². The van der Waals surface area contributed by atoms with Crippen LogP contribution < -0.4 is 4.72 Å². The number of sulfonamides is 1. The molecular weight excluding hydrogens is 324 g/mol. The highest BCUT2D eigenvalue weighted by atomic mass is 35.5. The summed E-state index contributed by atoms with van der Waals surface area (Å²) in [5, 5.41) is 5.02. The lowest BCUT2D eigenvalue weighted by molar-refractivity contribution is 0.450. The lowest BCUT2D eigenvalue weighted by atomic mass is 10.2. The molecule has 1 aromatic heterocycles. The van der Waals surface area contributed by atoms with Gasteiger partial charge in [-0.15, -0.1) is 0 Å². The molecule has 3 rings (SSSR count). The Balaban J connectivity index is 2.02. The van der Waals surface area contributed by atoms with E-state index in [9.17, 15) is 8.42 Å². The maximum absolute atomic E-state index is 12.5. The summed E-state index contributed by atoms with van der Waals surface area (Å²) in [6.45, 7) is 3.47. The second kappa shape index (κ2) is 5.30. The Bertz CT molecular complexity index is 964. The number of nitrogens with one attached hydrogen (secondary N) is 1. The minimum Gasteiger partial charge on any atom is -0.356 e. The van der Waals surface area contributed by atoms with Gasteiger partial charge in [0.25, 0.3) is 10.0 Å². The summed E-state index contributed by atoms with van der Waals surface area (Å²) in [6.07, 6.45) is 0. The average Bonchev–Trinajstić information content (AvgIpc) is 2.82. The van der Waals surface area contributed by atoms with Gasteiger partial charge in [-0.05, 0) is 49.7 Å². The van der Waals surface area contributed by atoms with Crippen molar-refractivity contribution >= 4 is 38.3 Å². The number of aryl methyl sites for hydroxylation is 1. The quantitative estimate of drug-likeness (QED) is 0.787. The normalized spacial score (nSPS) is 11.8. The topological polar surface area (TPSA) is 72.2 Å². The Morgan fingerprint density at radius 1 is 1.18 bits per heavy atom. The van der Waals surface area contributed by atoms with Crippen molar-refractivity contribution < 1.29 is 12.9 Å². The van der Waals surface area contributed by atoms with E-state index >= 15 is 0 Å². The minimum absolute atomic E-state index is 0.155. The zero-order valence-corrected chi connectivity index (χ0v) is 13.5. The predicted octanol–water partition coefficient (Wildman–Crippen LogP) is 3.90. The van der Waals surface area contributed by atoms with Crippen LogP contribution in [0.5, 0.6) is 0 Å². The Morgan fingerprint density at radius 3 is 2.73 bits per heavy atom. The van der Waals surface area contributed by atoms with Gasteiger partial charge in [-0.25, -0.2) is 8.42 Å². The molecule has 2 aromatic carbocycles. The zero-order valence-electron chi connectivity index (χ0n) is 11.9. The van der Waals surface area contributed by atoms with Gasteiger partial charge in [-0.3, -0.25) is 4.72 Å². The third kappa shape index (κ3) is 2.55. The van der Waals surface area contributed by atoms with Crippen molar-refractivity contribution in [3.8, 4) is 0 Å². The van der Waals surface area contributed by atoms with Crippen molar-refractivity contribution in [1.29, 1.82) is 0 Å². The molecule has 22 heavy (non-hydrogen) atoms. The number of benzene rings is 2. The molecule has 0 bridgehead atoms. The first-order valence-electron chi connectivity index (χ1n) is 6.52. The third-order valence-electron chi connectivity index (χ3n) is 3.41. The van der Waals surface area contributed by atoms with Crippen LogP contribution in [-0.2, 0) is 10.0 Å². The first-order valence-corrected chi connectivity index (χ1v) is 8.38. The summed E-state index contributed by atoms with van der Waals surface area (Å²) in [5.74, 6) is 0. The van der Waals surface area contributed by atoms with E-state index in [2.05, 4.69) is 9.88 Å². The fourth-order valence-electron chi connectivity index (χ4n) is 2.21. The van der Waals surface area contributed by atoms with Gasteiger partial charge in [0.15, 0.2) is 5.58 Å². The highest BCUT2D eigenvalue weighted by Crippen LogP contribution is 2.27. The third-order valence-corrected chi connectivity index (χ3v) is 5.35. The minimum atomic E-state index is -3.72. The Labute approximate surface area is 132 Å². The first kappa shape index (κ1) is 14.9. The van der Waals surface area contributed by atoms with Crippen LogP contribution in [0.2, 0.25) is 5.02 Å². The molecule has 7 heteroatoms. The van der Waals surface area contributed by atoms with Crippen LogP contribution in [0.1, 0.15) is 11.3 Å². The van der Waals surface area contributed by atoms with E-state index in [0.717, 1.165) is 5.39 Å². The maximum atomic E-state index is 12.5. The Hall–Kier alpha value is -2.05. The molecule has 0 saturated carbocycles. The molecule has 0 aliphatic heterocycles. The summed E-state index contributed by atoms with van der Waals surface area (Å²) < 4.78 is 32.7. The van der Waals surface area contributed by atoms with Crippen molar-refractivity contribution in [2.24, 2.45) is 0 Å². The van der Waals surface area contributed by atoms with Crippen LogP contribution in [0, 0.1) is 13.8 Å². The molecule has 0 amide bonds. The van der Waals surface area contributed by atoms with E-state index in [1.165, 1.54) is 6.07 Å². The highest BCUT2D eigenvalue weighted by molar-refractivity contribution is 7.92. The van der Waals surface area contributed by atoms with Gasteiger partial charge < -0.3 is 4.52 Å². The van der Waals surface area contributed by atoms with E-state index < -0.39 is 10.0 Å². The summed E-state index contributed by atoms with van der Waals surface area (Å²) in [5.41, 5.74) is 2.27. The zero-order chi connectivity index (χ0) is 15.9. The van der Waals surface area contributed by atoms with Crippen LogP contribution in [0.4, 0.5) is 5.69 Å². The van der Waals surface area contributed by atoms with Gasteiger partial charge >= 0.3 is 0 Å². The van der Waals surface area contributed by atoms with Gasteiger partial charge in [0.2, 0.25) is 0 Å². The van der Waals surface area contributed by atoms with Crippen LogP contribution in [0.15, 0.2) is 45.8 Å². The Morgan fingerprint density at radius 2 is 1.95 bits per heavy atom. The molecule has 0 radical (unpaired) electrons. The molecule has 114 valence electrons. The molecule has 0 spiro atoms. The number of halogens is 1. The lowest BCUT2D eigenvalue weighted by Gasteiger charge is -2.11. The van der Waals surface area contributed by atoms with Gasteiger partial charge in [0.05, 0.1) is 10.6 Å². The molecule has 0 aliphatic rings. The maximum Gasteiger partial charge on any atom is 0.262 e. The highest BCUT2D eigenvalue weighted by Gasteiger charge is 2.18. The van der Waals surface area contributed by atoms with Crippen LogP contribution in [-0.4, -0.2) is 13.6 Å². The molecule has 1 heterocycles. The van der Waals surface area contributed by atoms with Crippen molar-refractivity contribution in [1.82, 2.24) is 5.16 Å². The predicted molar refractivity (Wildman–Crippen MR) is 85.7 cm³/mol. The monoisotopic (exact) mass is 336 g/mol. The number of aromatic nitrogens is 1. The average molecular weight is 337 g/mol. The van der Waals surface area contributed by atoms with Crippen molar-refractivity contribution in [3.05, 3.63) is 52.7 Å². The summed E-state index contributed by atoms with van der Waals surface area (Å²) >= 11 is 5.99. The van der Waals surface area contributed by atoms with Crippen molar-refractivity contribution in [3.63, 3.8) is 0 Å². The standard InChI is InChI=1S/C15H13ClN2O3S/c1-9-13(16)4-3-5-15(9)22(19,20)18-11-6-7-14-12(8-11)10(2)17-21-14/h3-8,18H,1-2H3. The second-order valence-corrected chi connectivity index (χ2v) is 7.01. The SMILES string of the molecule is Cc1c(Cl)cccc1S(=O)(=O)Nc1ccc2onc(C)c2c1. The van der Waals surface area contributed by atoms with Crippen LogP contribution in [0.25, 0.3) is 11.0 Å². The van der Waals surface area contributed by atoms with E-state index in [1.54, 1.807) is 44.2 Å².